The van der Waals surface area contributed by atoms with Gasteiger partial charge < -0.3 is 5.73 Å². The Hall–Kier alpha value is -1.09. The van der Waals surface area contributed by atoms with E-state index in [0.29, 0.717) is 5.82 Å². The molecule has 0 aromatic carbocycles. The first-order chi connectivity index (χ1) is 7.25. The van der Waals surface area contributed by atoms with Crippen LogP contribution in [-0.2, 0) is 0 Å². The summed E-state index contributed by atoms with van der Waals surface area (Å²) in [5.74, 6) is 0.597. The van der Waals surface area contributed by atoms with Crippen molar-refractivity contribution >= 4 is 27.2 Å². The largest absolute Gasteiger partial charge is 0.384 e. The molecule has 2 N–H and O–H groups in total. The Morgan fingerprint density at radius 1 is 1.13 bits per heavy atom. The molecule has 0 fully saturated rings. The minimum Gasteiger partial charge on any atom is -0.384 e. The summed E-state index contributed by atoms with van der Waals surface area (Å²) in [4.78, 5) is 5.30. The summed E-state index contributed by atoms with van der Waals surface area (Å²) < 4.78 is 1.22. The van der Waals surface area contributed by atoms with Crippen molar-refractivity contribution in [2.24, 2.45) is 0 Å². The van der Waals surface area contributed by atoms with Gasteiger partial charge in [0, 0.05) is 21.2 Å². The fraction of sp³-hybridized carbons (Fsp3) is 0.417. The summed E-state index contributed by atoms with van der Waals surface area (Å²) in [6.07, 6.45) is 1.81. The van der Waals surface area contributed by atoms with Crippen molar-refractivity contribution in [3.05, 3.63) is 23.2 Å². The van der Waals surface area contributed by atoms with Gasteiger partial charge in [-0.25, -0.2) is 4.98 Å². The monoisotopic (exact) mass is 224 g/mol. The van der Waals surface area contributed by atoms with E-state index in [1.165, 1.54) is 15.0 Å². The first-order valence-corrected chi connectivity index (χ1v) is 6.19. The number of pyridine rings is 1. The molecule has 0 aliphatic carbocycles. The molecule has 0 saturated heterocycles. The van der Waals surface area contributed by atoms with E-state index in [0.717, 1.165) is 0 Å². The van der Waals surface area contributed by atoms with E-state index in [4.69, 9.17) is 5.73 Å². The zero-order valence-corrected chi connectivity index (χ0v) is 11.0. The van der Waals surface area contributed by atoms with Gasteiger partial charge in [0.2, 0.25) is 0 Å². The molecule has 2 heterocycles. The maximum absolute atomic E-state index is 5.53. The Bertz CT molecular complexity index is 393. The van der Waals surface area contributed by atoms with Gasteiger partial charge in [-0.1, -0.05) is 27.7 Å². The molecule has 2 nitrogen and oxygen atoms in total. The van der Waals surface area contributed by atoms with E-state index in [1.54, 1.807) is 11.3 Å². The molecule has 0 spiro atoms. The Balaban J connectivity index is 0.000000442. The average molecular weight is 224 g/mol. The molecule has 2 rings (SSSR count). The van der Waals surface area contributed by atoms with E-state index in [2.05, 4.69) is 18.0 Å². The standard InChI is InChI=1S/C8H8N2S.2C2H6/c1-5-2-6-4-10-8(9)3-7(6)11-5;2*1-2/h2-4H,1H3,(H2,9,10);2*1-2H3. The lowest BCUT2D eigenvalue weighted by Gasteiger charge is -1.89. The smallest absolute Gasteiger partial charge is 0.124 e. The van der Waals surface area contributed by atoms with Gasteiger partial charge in [0.25, 0.3) is 0 Å². The summed E-state index contributed by atoms with van der Waals surface area (Å²) in [6, 6.07) is 4.03. The molecule has 15 heavy (non-hydrogen) atoms. The molecular formula is C12H20N2S. The second-order valence-corrected chi connectivity index (χ2v) is 3.79. The lowest BCUT2D eigenvalue weighted by Crippen LogP contribution is -1.86. The summed E-state index contributed by atoms with van der Waals surface area (Å²) in [5, 5.41) is 1.18. The summed E-state index contributed by atoms with van der Waals surface area (Å²) in [7, 11) is 0. The first-order valence-electron chi connectivity index (χ1n) is 5.37. The Kier molecular flexibility index (Phi) is 6.71. The van der Waals surface area contributed by atoms with Crippen LogP contribution in [0.15, 0.2) is 18.3 Å². The maximum atomic E-state index is 5.53. The fourth-order valence-corrected chi connectivity index (χ4v) is 2.02. The highest BCUT2D eigenvalue weighted by molar-refractivity contribution is 7.19. The Morgan fingerprint density at radius 2 is 1.73 bits per heavy atom. The molecule has 0 atom stereocenters. The van der Waals surface area contributed by atoms with Crippen LogP contribution < -0.4 is 5.73 Å². The number of nitrogen functional groups attached to an aromatic ring is 1. The minimum absolute atomic E-state index is 0.597. The van der Waals surface area contributed by atoms with Crippen molar-refractivity contribution in [3.8, 4) is 0 Å². The first kappa shape index (κ1) is 13.9. The minimum atomic E-state index is 0.597. The van der Waals surface area contributed by atoms with Crippen LogP contribution in [0.5, 0.6) is 0 Å². The zero-order chi connectivity index (χ0) is 11.8. The quantitative estimate of drug-likeness (QED) is 0.727. The summed E-state index contributed by atoms with van der Waals surface area (Å²) >= 11 is 1.75. The highest BCUT2D eigenvalue weighted by Crippen LogP contribution is 2.24. The van der Waals surface area contributed by atoms with Crippen LogP contribution in [0, 0.1) is 6.92 Å². The number of hydrogen-bond donors (Lipinski definition) is 1. The number of thiophene rings is 1. The number of aromatic nitrogens is 1. The molecule has 0 saturated carbocycles. The molecular weight excluding hydrogens is 204 g/mol. The third-order valence-corrected chi connectivity index (χ3v) is 2.56. The molecule has 0 unspecified atom stereocenters. The number of fused-ring (bicyclic) bond motifs is 1. The van der Waals surface area contributed by atoms with Crippen LogP contribution in [0.4, 0.5) is 5.82 Å². The second-order valence-electron chi connectivity index (χ2n) is 2.50. The number of hydrogen-bond acceptors (Lipinski definition) is 3. The molecule has 0 aliphatic heterocycles. The van der Waals surface area contributed by atoms with E-state index in [1.807, 2.05) is 40.0 Å². The summed E-state index contributed by atoms with van der Waals surface area (Å²) in [6.45, 7) is 10.1. The van der Waals surface area contributed by atoms with E-state index >= 15 is 0 Å². The number of nitrogens with zero attached hydrogens (tertiary/aromatic N) is 1. The number of rotatable bonds is 0. The second kappa shape index (κ2) is 7.23. The molecule has 0 radical (unpaired) electrons. The highest BCUT2D eigenvalue weighted by Gasteiger charge is 1.97. The van der Waals surface area contributed by atoms with Gasteiger partial charge in [-0.3, -0.25) is 0 Å². The molecule has 3 heteroatoms. The van der Waals surface area contributed by atoms with Crippen molar-refractivity contribution < 1.29 is 0 Å². The van der Waals surface area contributed by atoms with Crippen LogP contribution >= 0.6 is 11.3 Å². The number of anilines is 1. The molecule has 2 aromatic rings. The molecule has 2 aromatic heterocycles. The van der Waals surface area contributed by atoms with Gasteiger partial charge in [-0.15, -0.1) is 11.3 Å². The van der Waals surface area contributed by atoms with Gasteiger partial charge in [0.05, 0.1) is 0 Å². The topological polar surface area (TPSA) is 38.9 Å². The SMILES string of the molecule is CC.CC.Cc1cc2cnc(N)cc2s1. The summed E-state index contributed by atoms with van der Waals surface area (Å²) in [5.41, 5.74) is 5.53. The lowest BCUT2D eigenvalue weighted by molar-refractivity contribution is 1.37. The Labute approximate surface area is 96.1 Å². The maximum Gasteiger partial charge on any atom is 0.124 e. The van der Waals surface area contributed by atoms with Crippen molar-refractivity contribution in [3.63, 3.8) is 0 Å². The molecule has 0 aliphatic rings. The fourth-order valence-electron chi connectivity index (χ4n) is 1.08. The molecule has 84 valence electrons. The van der Waals surface area contributed by atoms with Crippen molar-refractivity contribution in [1.29, 1.82) is 0 Å². The van der Waals surface area contributed by atoms with Gasteiger partial charge in [0.15, 0.2) is 0 Å². The predicted octanol–water partition coefficient (Wildman–Crippen LogP) is 4.24. The third-order valence-electron chi connectivity index (χ3n) is 1.55. The van der Waals surface area contributed by atoms with E-state index in [-0.39, 0.29) is 0 Å². The van der Waals surface area contributed by atoms with Crippen LogP contribution in [0.3, 0.4) is 0 Å². The van der Waals surface area contributed by atoms with Crippen molar-refractivity contribution in [2.75, 3.05) is 5.73 Å². The third kappa shape index (κ3) is 3.88. The number of aryl methyl sites for hydroxylation is 1. The predicted molar refractivity (Wildman–Crippen MR) is 71.5 cm³/mol. The van der Waals surface area contributed by atoms with Crippen molar-refractivity contribution in [1.82, 2.24) is 4.98 Å². The van der Waals surface area contributed by atoms with Gasteiger partial charge in [0.1, 0.15) is 5.82 Å². The van der Waals surface area contributed by atoms with Crippen molar-refractivity contribution in [2.45, 2.75) is 34.6 Å². The zero-order valence-electron chi connectivity index (χ0n) is 10.2. The molecule has 0 amide bonds. The normalized spacial score (nSPS) is 8.60. The van der Waals surface area contributed by atoms with E-state index in [9.17, 15) is 0 Å². The molecule has 0 bridgehead atoms. The lowest BCUT2D eigenvalue weighted by atomic mass is 10.3. The van der Waals surface area contributed by atoms with E-state index < -0.39 is 0 Å². The highest BCUT2D eigenvalue weighted by atomic mass is 32.1. The Morgan fingerprint density at radius 3 is 2.33 bits per heavy atom. The van der Waals surface area contributed by atoms with Gasteiger partial charge in [-0.2, -0.15) is 0 Å². The van der Waals surface area contributed by atoms with Crippen LogP contribution in [0.2, 0.25) is 0 Å². The average Bonchev–Trinajstić information content (AvgIpc) is 2.63. The van der Waals surface area contributed by atoms with Crippen LogP contribution in [-0.4, -0.2) is 4.98 Å². The van der Waals surface area contributed by atoms with Gasteiger partial charge in [-0.05, 0) is 19.1 Å². The van der Waals surface area contributed by atoms with Gasteiger partial charge >= 0.3 is 0 Å². The van der Waals surface area contributed by atoms with Crippen LogP contribution in [0.25, 0.3) is 10.1 Å². The van der Waals surface area contributed by atoms with Crippen LogP contribution in [0.1, 0.15) is 32.6 Å². The number of nitrogens with two attached hydrogens (primary N) is 1.